The molecular formula is C45H31N3OS. The first-order chi connectivity index (χ1) is 24.8. The predicted octanol–water partition coefficient (Wildman–Crippen LogP) is 11.6. The third kappa shape index (κ3) is 4.90. The Labute approximate surface area is 293 Å². The van der Waals surface area contributed by atoms with Crippen molar-refractivity contribution in [3.8, 4) is 22.3 Å². The lowest BCUT2D eigenvalue weighted by molar-refractivity contribution is 0.411. The van der Waals surface area contributed by atoms with E-state index in [9.17, 15) is 0 Å². The Morgan fingerprint density at radius 3 is 2.14 bits per heavy atom. The molecule has 2 unspecified atom stereocenters. The maximum absolute atomic E-state index is 6.41. The van der Waals surface area contributed by atoms with Gasteiger partial charge in [0, 0.05) is 42.1 Å². The first kappa shape index (κ1) is 29.0. The van der Waals surface area contributed by atoms with Crippen molar-refractivity contribution in [3.63, 3.8) is 0 Å². The maximum atomic E-state index is 6.41. The van der Waals surface area contributed by atoms with Gasteiger partial charge in [-0.3, -0.25) is 5.32 Å². The summed E-state index contributed by atoms with van der Waals surface area (Å²) in [7, 11) is 0. The molecule has 3 heterocycles. The van der Waals surface area contributed by atoms with Crippen LogP contribution in [0.25, 0.3) is 64.4 Å². The molecule has 238 valence electrons. The van der Waals surface area contributed by atoms with E-state index in [1.54, 1.807) is 0 Å². The van der Waals surface area contributed by atoms with Crippen LogP contribution in [0.5, 0.6) is 0 Å². The van der Waals surface area contributed by atoms with Gasteiger partial charge in [0.25, 0.3) is 0 Å². The average Bonchev–Trinajstić information content (AvgIpc) is 3.77. The maximum Gasteiger partial charge on any atom is 0.136 e. The second-order valence-corrected chi connectivity index (χ2v) is 13.8. The topological polar surface area (TPSA) is 49.6 Å². The molecule has 0 aliphatic carbocycles. The Morgan fingerprint density at radius 1 is 0.540 bits per heavy atom. The molecule has 7 aromatic carbocycles. The third-order valence-electron chi connectivity index (χ3n) is 9.77. The number of benzene rings is 7. The standard InChI is InChI=1S/C45H31N3OS/c1-3-12-28(13-4-1)30-16-9-17-31(26-30)43-46-44(48-45(47-43)36-21-10-20-35-34-18-7-8-23-40(34)50-42(35)36)32-24-25-38-37(27-32)41-33(19-11-22-39(41)49-38)29-14-5-2-6-15-29/h1-27,44-45,48H,(H,46,47). The number of fused-ring (bicyclic) bond motifs is 6. The highest BCUT2D eigenvalue weighted by atomic mass is 32.1. The summed E-state index contributed by atoms with van der Waals surface area (Å²) in [6.45, 7) is 0. The van der Waals surface area contributed by atoms with E-state index >= 15 is 0 Å². The van der Waals surface area contributed by atoms with E-state index < -0.39 is 0 Å². The number of nitrogens with one attached hydrogen (secondary N) is 2. The molecule has 9 aromatic rings. The molecule has 5 heteroatoms. The number of hydrogen-bond acceptors (Lipinski definition) is 5. The molecule has 50 heavy (non-hydrogen) atoms. The van der Waals surface area contributed by atoms with Crippen molar-refractivity contribution in [2.45, 2.75) is 12.3 Å². The summed E-state index contributed by atoms with van der Waals surface area (Å²) in [6.07, 6.45) is -0.485. The minimum Gasteiger partial charge on any atom is -0.456 e. The predicted molar refractivity (Wildman–Crippen MR) is 209 cm³/mol. The molecule has 1 aliphatic rings. The molecule has 4 nitrogen and oxygen atoms in total. The molecule has 0 spiro atoms. The van der Waals surface area contributed by atoms with E-state index in [-0.39, 0.29) is 12.3 Å². The van der Waals surface area contributed by atoms with Crippen LogP contribution >= 0.6 is 11.3 Å². The van der Waals surface area contributed by atoms with Crippen LogP contribution in [-0.4, -0.2) is 5.84 Å². The summed E-state index contributed by atoms with van der Waals surface area (Å²) in [6, 6.07) is 57.9. The van der Waals surface area contributed by atoms with Gasteiger partial charge in [0.15, 0.2) is 0 Å². The molecular weight excluding hydrogens is 631 g/mol. The molecule has 0 fully saturated rings. The average molecular weight is 662 g/mol. The zero-order valence-electron chi connectivity index (χ0n) is 27.0. The van der Waals surface area contributed by atoms with Gasteiger partial charge >= 0.3 is 0 Å². The number of rotatable bonds is 5. The number of hydrogen-bond donors (Lipinski definition) is 2. The Hall–Kier alpha value is -6.01. The summed E-state index contributed by atoms with van der Waals surface area (Å²) in [5.74, 6) is 0.858. The molecule has 0 radical (unpaired) electrons. The smallest absolute Gasteiger partial charge is 0.136 e. The number of thiophene rings is 1. The lowest BCUT2D eigenvalue weighted by atomic mass is 9.98. The van der Waals surface area contributed by atoms with E-state index in [2.05, 4.69) is 174 Å². The summed E-state index contributed by atoms with van der Waals surface area (Å²) in [4.78, 5) is 5.39. The van der Waals surface area contributed by atoms with Crippen molar-refractivity contribution < 1.29 is 4.42 Å². The van der Waals surface area contributed by atoms with Gasteiger partial charge in [0.05, 0.1) is 0 Å². The fraction of sp³-hybridized carbons (Fsp3) is 0.0444. The fourth-order valence-corrected chi connectivity index (χ4v) is 8.62. The van der Waals surface area contributed by atoms with Crippen molar-refractivity contribution in [1.82, 2.24) is 10.6 Å². The van der Waals surface area contributed by atoms with Crippen molar-refractivity contribution >= 4 is 59.3 Å². The van der Waals surface area contributed by atoms with Gasteiger partial charge in [0.1, 0.15) is 29.3 Å². The second kappa shape index (κ2) is 11.8. The van der Waals surface area contributed by atoms with Gasteiger partial charge in [-0.2, -0.15) is 0 Å². The number of amidine groups is 1. The lowest BCUT2D eigenvalue weighted by Crippen LogP contribution is -2.45. The van der Waals surface area contributed by atoms with Crippen LogP contribution in [0, 0.1) is 0 Å². The molecule has 0 saturated carbocycles. The van der Waals surface area contributed by atoms with Gasteiger partial charge in [-0.15, -0.1) is 11.3 Å². The molecule has 2 N–H and O–H groups in total. The Bertz CT molecular complexity index is 2730. The Morgan fingerprint density at radius 2 is 1.26 bits per heavy atom. The largest absolute Gasteiger partial charge is 0.456 e. The second-order valence-electron chi connectivity index (χ2n) is 12.8. The Kier molecular flexibility index (Phi) is 6.86. The van der Waals surface area contributed by atoms with E-state index in [0.717, 1.165) is 50.0 Å². The number of aliphatic imine (C=N–C) groups is 1. The van der Waals surface area contributed by atoms with Gasteiger partial charge < -0.3 is 9.73 Å². The Balaban J connectivity index is 1.13. The van der Waals surface area contributed by atoms with Crippen LogP contribution in [-0.2, 0) is 0 Å². The first-order valence-corrected chi connectivity index (χ1v) is 17.8. The highest BCUT2D eigenvalue weighted by molar-refractivity contribution is 7.26. The van der Waals surface area contributed by atoms with Crippen molar-refractivity contribution in [3.05, 3.63) is 180 Å². The minimum absolute atomic E-state index is 0.212. The van der Waals surface area contributed by atoms with Crippen LogP contribution in [0.4, 0.5) is 0 Å². The summed E-state index contributed by atoms with van der Waals surface area (Å²) in [5.41, 5.74) is 9.77. The fourth-order valence-electron chi connectivity index (χ4n) is 7.38. The highest BCUT2D eigenvalue weighted by Gasteiger charge is 2.28. The van der Waals surface area contributed by atoms with Gasteiger partial charge in [-0.25, -0.2) is 4.99 Å². The molecule has 1 aliphatic heterocycles. The van der Waals surface area contributed by atoms with Gasteiger partial charge in [0.2, 0.25) is 0 Å². The van der Waals surface area contributed by atoms with E-state index in [1.165, 1.54) is 36.9 Å². The van der Waals surface area contributed by atoms with Gasteiger partial charge in [-0.05, 0) is 58.1 Å². The molecule has 0 amide bonds. The minimum atomic E-state index is -0.273. The monoisotopic (exact) mass is 661 g/mol. The quantitative estimate of drug-likeness (QED) is 0.193. The molecule has 0 bridgehead atoms. The SMILES string of the molecule is c1ccc(-c2cccc(C3=NC(c4cccc5c4sc4ccccc45)NC(c4ccc5oc6cccc(-c7ccccc7)c6c5c4)N3)c2)cc1. The molecule has 10 rings (SSSR count). The van der Waals surface area contributed by atoms with Crippen molar-refractivity contribution in [1.29, 1.82) is 0 Å². The van der Waals surface area contributed by atoms with Crippen LogP contribution in [0.3, 0.4) is 0 Å². The summed E-state index contributed by atoms with van der Waals surface area (Å²) < 4.78 is 8.95. The number of nitrogens with zero attached hydrogens (tertiary/aromatic N) is 1. The summed E-state index contributed by atoms with van der Waals surface area (Å²) in [5, 5.41) is 12.5. The first-order valence-electron chi connectivity index (χ1n) is 16.9. The molecule has 2 atom stereocenters. The highest BCUT2D eigenvalue weighted by Crippen LogP contribution is 2.41. The lowest BCUT2D eigenvalue weighted by Gasteiger charge is -2.32. The van der Waals surface area contributed by atoms with Crippen molar-refractivity contribution in [2.75, 3.05) is 0 Å². The van der Waals surface area contributed by atoms with Crippen LogP contribution in [0.2, 0.25) is 0 Å². The van der Waals surface area contributed by atoms with E-state index in [4.69, 9.17) is 9.41 Å². The summed E-state index contributed by atoms with van der Waals surface area (Å²) >= 11 is 1.84. The van der Waals surface area contributed by atoms with Crippen LogP contribution in [0.1, 0.15) is 29.0 Å². The normalized spacial score (nSPS) is 16.2. The van der Waals surface area contributed by atoms with Crippen LogP contribution < -0.4 is 10.6 Å². The molecule has 2 aromatic heterocycles. The molecule has 0 saturated heterocycles. The third-order valence-corrected chi connectivity index (χ3v) is 11.0. The van der Waals surface area contributed by atoms with E-state index in [1.807, 2.05) is 11.3 Å². The number of furan rings is 1. The van der Waals surface area contributed by atoms with Crippen LogP contribution in [0.15, 0.2) is 173 Å². The zero-order valence-corrected chi connectivity index (χ0v) is 27.8. The van der Waals surface area contributed by atoms with Crippen molar-refractivity contribution in [2.24, 2.45) is 4.99 Å². The van der Waals surface area contributed by atoms with Gasteiger partial charge in [-0.1, -0.05) is 133 Å². The van der Waals surface area contributed by atoms with E-state index in [0.29, 0.717) is 0 Å². The zero-order chi connectivity index (χ0) is 33.0.